The molecule has 2 unspecified atom stereocenters. The van der Waals surface area contributed by atoms with Gasteiger partial charge in [-0.15, -0.1) is 0 Å². The Morgan fingerprint density at radius 3 is 2.50 bits per heavy atom. The maximum absolute atomic E-state index is 5.97. The summed E-state index contributed by atoms with van der Waals surface area (Å²) >= 11 is 11.8. The molecule has 1 N–H and O–H groups in total. The monoisotopic (exact) mass is 261 g/mol. The van der Waals surface area contributed by atoms with Crippen molar-refractivity contribution in [2.45, 2.75) is 25.9 Å². The van der Waals surface area contributed by atoms with Crippen molar-refractivity contribution in [3.8, 4) is 0 Å². The lowest BCUT2D eigenvalue weighted by Gasteiger charge is -2.20. The highest BCUT2D eigenvalue weighted by molar-refractivity contribution is 6.42. The molecular formula is C12H17Cl2NO. The third-order valence-corrected chi connectivity index (χ3v) is 3.13. The third kappa shape index (κ3) is 3.95. The summed E-state index contributed by atoms with van der Waals surface area (Å²) in [6.07, 6.45) is 0. The van der Waals surface area contributed by atoms with Gasteiger partial charge < -0.3 is 10.1 Å². The van der Waals surface area contributed by atoms with Gasteiger partial charge in [-0.05, 0) is 31.5 Å². The third-order valence-electron chi connectivity index (χ3n) is 2.39. The fourth-order valence-corrected chi connectivity index (χ4v) is 1.91. The van der Waals surface area contributed by atoms with Crippen LogP contribution in [0.3, 0.4) is 0 Å². The lowest BCUT2D eigenvalue weighted by Crippen LogP contribution is -2.32. The Kier molecular flexibility index (Phi) is 5.56. The van der Waals surface area contributed by atoms with Crippen molar-refractivity contribution in [2.24, 2.45) is 0 Å². The van der Waals surface area contributed by atoms with Gasteiger partial charge in [-0.1, -0.05) is 29.3 Å². The molecule has 0 radical (unpaired) electrons. The van der Waals surface area contributed by atoms with E-state index in [0.717, 1.165) is 5.56 Å². The minimum Gasteiger partial charge on any atom is -0.383 e. The van der Waals surface area contributed by atoms with Crippen molar-refractivity contribution < 1.29 is 4.74 Å². The molecule has 2 atom stereocenters. The summed E-state index contributed by atoms with van der Waals surface area (Å²) in [5.74, 6) is 0. The highest BCUT2D eigenvalue weighted by Gasteiger charge is 2.10. The number of halogens is 2. The number of hydrogen-bond donors (Lipinski definition) is 1. The molecule has 1 rings (SSSR count). The molecule has 4 heteroatoms. The lowest BCUT2D eigenvalue weighted by molar-refractivity contribution is 0.168. The fraction of sp³-hybridized carbons (Fsp3) is 0.500. The quantitative estimate of drug-likeness (QED) is 0.874. The first kappa shape index (κ1) is 13.8. The molecule has 0 amide bonds. The lowest BCUT2D eigenvalue weighted by atomic mass is 10.1. The predicted molar refractivity (Wildman–Crippen MR) is 69.4 cm³/mol. The number of nitrogens with one attached hydrogen (secondary N) is 1. The van der Waals surface area contributed by atoms with E-state index < -0.39 is 0 Å². The van der Waals surface area contributed by atoms with E-state index in [-0.39, 0.29) is 6.04 Å². The minimum atomic E-state index is 0.222. The molecule has 1 aromatic carbocycles. The number of hydrogen-bond acceptors (Lipinski definition) is 2. The van der Waals surface area contributed by atoms with Crippen molar-refractivity contribution in [3.05, 3.63) is 33.8 Å². The first-order valence-corrected chi connectivity index (χ1v) is 6.00. The standard InChI is InChI=1S/C12H17Cl2NO/c1-8(7-16-3)15-9(2)10-4-5-11(13)12(14)6-10/h4-6,8-9,15H,7H2,1-3H3. The van der Waals surface area contributed by atoms with Crippen LogP contribution in [0, 0.1) is 0 Å². The summed E-state index contributed by atoms with van der Waals surface area (Å²) in [6.45, 7) is 4.86. The van der Waals surface area contributed by atoms with Crippen molar-refractivity contribution in [1.29, 1.82) is 0 Å². The topological polar surface area (TPSA) is 21.3 Å². The zero-order valence-electron chi connectivity index (χ0n) is 9.76. The first-order valence-electron chi connectivity index (χ1n) is 5.24. The minimum absolute atomic E-state index is 0.222. The summed E-state index contributed by atoms with van der Waals surface area (Å²) in [5, 5.41) is 4.59. The van der Waals surface area contributed by atoms with Crippen LogP contribution >= 0.6 is 23.2 Å². The molecule has 0 aromatic heterocycles. The Labute approximate surface area is 107 Å². The second-order valence-corrected chi connectivity index (χ2v) is 4.73. The largest absolute Gasteiger partial charge is 0.383 e. The zero-order chi connectivity index (χ0) is 12.1. The van der Waals surface area contributed by atoms with Gasteiger partial charge in [0.2, 0.25) is 0 Å². The first-order chi connectivity index (χ1) is 7.54. The van der Waals surface area contributed by atoms with Gasteiger partial charge in [0, 0.05) is 19.2 Å². The van der Waals surface area contributed by atoms with Crippen LogP contribution in [0.25, 0.3) is 0 Å². The van der Waals surface area contributed by atoms with Gasteiger partial charge in [-0.25, -0.2) is 0 Å². The van der Waals surface area contributed by atoms with Gasteiger partial charge in [-0.2, -0.15) is 0 Å². The highest BCUT2D eigenvalue weighted by atomic mass is 35.5. The molecule has 0 aliphatic carbocycles. The molecular weight excluding hydrogens is 245 g/mol. The van der Waals surface area contributed by atoms with E-state index >= 15 is 0 Å². The Balaban J connectivity index is 2.65. The molecule has 0 spiro atoms. The van der Waals surface area contributed by atoms with Gasteiger partial charge in [0.25, 0.3) is 0 Å². The number of benzene rings is 1. The van der Waals surface area contributed by atoms with E-state index in [4.69, 9.17) is 27.9 Å². The normalized spacial score (nSPS) is 14.8. The smallest absolute Gasteiger partial charge is 0.0613 e. The van der Waals surface area contributed by atoms with Crippen molar-refractivity contribution in [1.82, 2.24) is 5.32 Å². The maximum atomic E-state index is 5.97. The zero-order valence-corrected chi connectivity index (χ0v) is 11.3. The fourth-order valence-electron chi connectivity index (χ4n) is 1.60. The van der Waals surface area contributed by atoms with E-state index in [1.54, 1.807) is 7.11 Å². The summed E-state index contributed by atoms with van der Waals surface area (Å²) in [6, 6.07) is 6.21. The van der Waals surface area contributed by atoms with Crippen LogP contribution in [-0.4, -0.2) is 19.8 Å². The molecule has 0 aliphatic rings. The molecule has 90 valence electrons. The van der Waals surface area contributed by atoms with Crippen LogP contribution in [0.15, 0.2) is 18.2 Å². The van der Waals surface area contributed by atoms with Gasteiger partial charge in [-0.3, -0.25) is 0 Å². The molecule has 0 saturated heterocycles. The molecule has 0 fully saturated rings. The van der Waals surface area contributed by atoms with Crippen LogP contribution in [0.1, 0.15) is 25.5 Å². The number of rotatable bonds is 5. The summed E-state index contributed by atoms with van der Waals surface area (Å²) in [5.41, 5.74) is 1.12. The SMILES string of the molecule is COCC(C)NC(C)c1ccc(Cl)c(Cl)c1. The Hall–Kier alpha value is -0.280. The van der Waals surface area contributed by atoms with Gasteiger partial charge in [0.05, 0.1) is 16.7 Å². The van der Waals surface area contributed by atoms with E-state index in [1.165, 1.54) is 0 Å². The summed E-state index contributed by atoms with van der Waals surface area (Å²) in [4.78, 5) is 0. The van der Waals surface area contributed by atoms with Crippen molar-refractivity contribution in [2.75, 3.05) is 13.7 Å². The molecule has 0 heterocycles. The van der Waals surface area contributed by atoms with Crippen LogP contribution in [-0.2, 0) is 4.74 Å². The average molecular weight is 262 g/mol. The van der Waals surface area contributed by atoms with Gasteiger partial charge >= 0.3 is 0 Å². The van der Waals surface area contributed by atoms with E-state index in [2.05, 4.69) is 19.2 Å². The average Bonchev–Trinajstić information content (AvgIpc) is 2.22. The van der Waals surface area contributed by atoms with Crippen LogP contribution in [0.5, 0.6) is 0 Å². The van der Waals surface area contributed by atoms with Crippen molar-refractivity contribution >= 4 is 23.2 Å². The van der Waals surface area contributed by atoms with Crippen LogP contribution < -0.4 is 5.32 Å². The Bertz CT molecular complexity index is 344. The molecule has 0 saturated carbocycles. The molecule has 1 aromatic rings. The second-order valence-electron chi connectivity index (χ2n) is 3.92. The molecule has 16 heavy (non-hydrogen) atoms. The Morgan fingerprint density at radius 2 is 1.94 bits per heavy atom. The van der Waals surface area contributed by atoms with E-state index in [9.17, 15) is 0 Å². The summed E-state index contributed by atoms with van der Waals surface area (Å²) in [7, 11) is 1.70. The summed E-state index contributed by atoms with van der Waals surface area (Å²) < 4.78 is 5.07. The number of ether oxygens (including phenoxy) is 1. The van der Waals surface area contributed by atoms with Crippen LogP contribution in [0.4, 0.5) is 0 Å². The number of methoxy groups -OCH3 is 1. The Morgan fingerprint density at radius 1 is 1.25 bits per heavy atom. The van der Waals surface area contributed by atoms with Crippen LogP contribution in [0.2, 0.25) is 10.0 Å². The predicted octanol–water partition coefficient (Wildman–Crippen LogP) is 3.68. The van der Waals surface area contributed by atoms with Gasteiger partial charge in [0.15, 0.2) is 0 Å². The second kappa shape index (κ2) is 6.45. The van der Waals surface area contributed by atoms with E-state index in [0.29, 0.717) is 22.7 Å². The van der Waals surface area contributed by atoms with Crippen molar-refractivity contribution in [3.63, 3.8) is 0 Å². The molecule has 0 aliphatic heterocycles. The van der Waals surface area contributed by atoms with Gasteiger partial charge in [0.1, 0.15) is 0 Å². The van der Waals surface area contributed by atoms with E-state index in [1.807, 2.05) is 18.2 Å². The molecule has 0 bridgehead atoms. The maximum Gasteiger partial charge on any atom is 0.0613 e. The highest BCUT2D eigenvalue weighted by Crippen LogP contribution is 2.25. The molecule has 2 nitrogen and oxygen atoms in total.